The molecule has 0 amide bonds. The maximum atomic E-state index is 12.1. The molecule has 0 aliphatic carbocycles. The van der Waals surface area contributed by atoms with Crippen LogP contribution < -0.4 is 0 Å². The molecule has 11 heteroatoms. The minimum Gasteiger partial charge on any atom is -0.282 e. The van der Waals surface area contributed by atoms with Crippen LogP contribution in [0.25, 0.3) is 0 Å². The van der Waals surface area contributed by atoms with E-state index in [0.717, 1.165) is 0 Å². The summed E-state index contributed by atoms with van der Waals surface area (Å²) in [5.41, 5.74) is 0. The zero-order chi connectivity index (χ0) is 12.7. The van der Waals surface area contributed by atoms with Crippen LogP contribution in [0.2, 0.25) is 0 Å². The van der Waals surface area contributed by atoms with Crippen LogP contribution in [-0.2, 0) is 10.1 Å². The Hall–Kier alpha value is -0.840. The molecule has 0 aromatic carbocycles. The molecule has 0 heterocycles. The first-order valence-corrected chi connectivity index (χ1v) is 4.23. The zero-order valence-electron chi connectivity index (χ0n) is 6.32. The van der Waals surface area contributed by atoms with Gasteiger partial charge in [-0.1, -0.05) is 0 Å². The molecule has 3 nitrogen and oxygen atoms in total. The summed E-state index contributed by atoms with van der Waals surface area (Å²) in [4.78, 5) is -3.66. The summed E-state index contributed by atoms with van der Waals surface area (Å²) in [7, 11) is -6.35. The van der Waals surface area contributed by atoms with Crippen molar-refractivity contribution in [2.75, 3.05) is 0 Å². The largest absolute Gasteiger partial charge is 0.444 e. The molecule has 1 N–H and O–H groups in total. The Morgan fingerprint density at radius 3 is 1.33 bits per heavy atom. The standard InChI is InChI=1S/C4HF7O3S/c5-1(3(6,7)8)2(4(9,10)11)15(12,13)14/h(H,12,13,14). The first-order chi connectivity index (χ1) is 6.28. The quantitative estimate of drug-likeness (QED) is 0.582. The van der Waals surface area contributed by atoms with Crippen molar-refractivity contribution in [2.24, 2.45) is 0 Å². The van der Waals surface area contributed by atoms with Gasteiger partial charge >= 0.3 is 22.5 Å². The number of alkyl halides is 6. The minimum absolute atomic E-state index is 3.66. The van der Waals surface area contributed by atoms with Crippen molar-refractivity contribution in [2.45, 2.75) is 12.4 Å². The fourth-order valence-corrected chi connectivity index (χ4v) is 1.15. The van der Waals surface area contributed by atoms with E-state index in [2.05, 4.69) is 0 Å². The second-order valence-electron chi connectivity index (χ2n) is 2.11. The van der Waals surface area contributed by atoms with Gasteiger partial charge in [0, 0.05) is 0 Å². The third-order valence-electron chi connectivity index (χ3n) is 0.964. The molecule has 0 bridgehead atoms. The van der Waals surface area contributed by atoms with E-state index in [4.69, 9.17) is 4.55 Å². The van der Waals surface area contributed by atoms with Gasteiger partial charge in [0.25, 0.3) is 0 Å². The smallest absolute Gasteiger partial charge is 0.282 e. The second-order valence-corrected chi connectivity index (χ2v) is 3.47. The van der Waals surface area contributed by atoms with Gasteiger partial charge in [0.05, 0.1) is 0 Å². The lowest BCUT2D eigenvalue weighted by Gasteiger charge is -2.11. The highest BCUT2D eigenvalue weighted by Gasteiger charge is 2.52. The fraction of sp³-hybridized carbons (Fsp3) is 0.500. The van der Waals surface area contributed by atoms with Crippen LogP contribution in [0.15, 0.2) is 10.7 Å². The van der Waals surface area contributed by atoms with E-state index < -0.39 is 33.2 Å². The van der Waals surface area contributed by atoms with Crippen LogP contribution in [0.3, 0.4) is 0 Å². The van der Waals surface area contributed by atoms with Crippen LogP contribution >= 0.6 is 0 Å². The summed E-state index contributed by atoms with van der Waals surface area (Å²) in [6, 6.07) is 0. The van der Waals surface area contributed by atoms with Crippen LogP contribution in [0.4, 0.5) is 30.7 Å². The summed E-state index contributed by atoms with van der Waals surface area (Å²) in [6.45, 7) is 0. The Balaban J connectivity index is 5.96. The average Bonchev–Trinajstić information content (AvgIpc) is 1.76. The van der Waals surface area contributed by atoms with Crippen molar-refractivity contribution in [1.82, 2.24) is 0 Å². The Bertz CT molecular complexity index is 372. The van der Waals surface area contributed by atoms with E-state index in [1.165, 1.54) is 0 Å². The molecule has 0 saturated heterocycles. The predicted octanol–water partition coefficient (Wildman–Crippen LogP) is 2.18. The van der Waals surface area contributed by atoms with Crippen molar-refractivity contribution in [1.29, 1.82) is 0 Å². The molecule has 0 aliphatic heterocycles. The van der Waals surface area contributed by atoms with Crippen molar-refractivity contribution in [3.63, 3.8) is 0 Å². The van der Waals surface area contributed by atoms with E-state index in [9.17, 15) is 39.2 Å². The molecular formula is C4HF7O3S. The SMILES string of the molecule is O=S(=O)(O)C(=C(F)C(F)(F)F)C(F)(F)F. The van der Waals surface area contributed by atoms with Gasteiger partial charge in [-0.05, 0) is 0 Å². The normalized spacial score (nSPS) is 16.3. The Kier molecular flexibility index (Phi) is 3.42. The average molecular weight is 262 g/mol. The van der Waals surface area contributed by atoms with Crippen LogP contribution in [0.1, 0.15) is 0 Å². The van der Waals surface area contributed by atoms with Crippen LogP contribution in [0.5, 0.6) is 0 Å². The highest BCUT2D eigenvalue weighted by Crippen LogP contribution is 2.39. The van der Waals surface area contributed by atoms with Gasteiger partial charge in [0.2, 0.25) is 10.7 Å². The molecule has 0 unspecified atom stereocenters. The monoisotopic (exact) mass is 262 g/mol. The molecule has 0 aromatic heterocycles. The van der Waals surface area contributed by atoms with E-state index in [0.29, 0.717) is 0 Å². The molecular weight excluding hydrogens is 261 g/mol. The summed E-state index contributed by atoms with van der Waals surface area (Å²) in [5.74, 6) is -3.92. The summed E-state index contributed by atoms with van der Waals surface area (Å²) < 4.78 is 109. The molecule has 15 heavy (non-hydrogen) atoms. The lowest BCUT2D eigenvalue weighted by atomic mass is 10.4. The molecule has 90 valence electrons. The van der Waals surface area contributed by atoms with Gasteiger partial charge in [-0.3, -0.25) is 4.55 Å². The maximum Gasteiger partial charge on any atom is 0.444 e. The highest BCUT2D eigenvalue weighted by molar-refractivity contribution is 7.89. The minimum atomic E-state index is -6.35. The second kappa shape index (κ2) is 3.63. The van der Waals surface area contributed by atoms with Crippen molar-refractivity contribution in [3.8, 4) is 0 Å². The van der Waals surface area contributed by atoms with E-state index in [1.54, 1.807) is 0 Å². The molecule has 0 saturated carbocycles. The summed E-state index contributed by atoms with van der Waals surface area (Å²) in [6.07, 6.45) is -12.3. The van der Waals surface area contributed by atoms with E-state index >= 15 is 0 Å². The summed E-state index contributed by atoms with van der Waals surface area (Å²) in [5, 5.41) is 0. The van der Waals surface area contributed by atoms with Crippen molar-refractivity contribution in [3.05, 3.63) is 10.7 Å². The van der Waals surface area contributed by atoms with Crippen LogP contribution in [0, 0.1) is 0 Å². The Morgan fingerprint density at radius 1 is 0.933 bits per heavy atom. The lowest BCUT2D eigenvalue weighted by molar-refractivity contribution is -0.124. The Labute approximate surface area is 77.9 Å². The Morgan fingerprint density at radius 2 is 1.27 bits per heavy atom. The predicted molar refractivity (Wildman–Crippen MR) is 31.8 cm³/mol. The molecule has 0 rings (SSSR count). The van der Waals surface area contributed by atoms with Gasteiger partial charge in [-0.2, -0.15) is 34.8 Å². The third-order valence-corrected chi connectivity index (χ3v) is 1.89. The number of allylic oxidation sites excluding steroid dienone is 2. The lowest BCUT2D eigenvalue weighted by Crippen LogP contribution is -2.25. The zero-order valence-corrected chi connectivity index (χ0v) is 7.13. The number of rotatable bonds is 1. The fourth-order valence-electron chi connectivity index (χ4n) is 0.513. The number of hydrogen-bond acceptors (Lipinski definition) is 2. The molecule has 0 aliphatic rings. The molecule has 0 fully saturated rings. The van der Waals surface area contributed by atoms with E-state index in [-0.39, 0.29) is 0 Å². The van der Waals surface area contributed by atoms with Gasteiger partial charge in [-0.15, -0.1) is 0 Å². The van der Waals surface area contributed by atoms with Gasteiger partial charge in [0.1, 0.15) is 0 Å². The molecule has 0 atom stereocenters. The number of hydrogen-bond donors (Lipinski definition) is 1. The van der Waals surface area contributed by atoms with Gasteiger partial charge in [-0.25, -0.2) is 4.39 Å². The van der Waals surface area contributed by atoms with E-state index in [1.807, 2.05) is 0 Å². The maximum absolute atomic E-state index is 12.1. The van der Waals surface area contributed by atoms with Crippen molar-refractivity contribution < 1.29 is 43.7 Å². The molecule has 0 aromatic rings. The molecule has 0 radical (unpaired) electrons. The topological polar surface area (TPSA) is 54.4 Å². The molecule has 0 spiro atoms. The van der Waals surface area contributed by atoms with Gasteiger partial charge < -0.3 is 0 Å². The van der Waals surface area contributed by atoms with Gasteiger partial charge in [0.15, 0.2) is 0 Å². The summed E-state index contributed by atoms with van der Waals surface area (Å²) >= 11 is 0. The third kappa shape index (κ3) is 3.66. The van der Waals surface area contributed by atoms with Crippen molar-refractivity contribution >= 4 is 10.1 Å². The first kappa shape index (κ1) is 14.2. The highest BCUT2D eigenvalue weighted by atomic mass is 32.2. The first-order valence-electron chi connectivity index (χ1n) is 2.79. The number of halogens is 7. The van der Waals surface area contributed by atoms with Crippen LogP contribution in [-0.4, -0.2) is 25.3 Å².